The first kappa shape index (κ1) is 21.4. The Kier molecular flexibility index (Phi) is 6.37. The van der Waals surface area contributed by atoms with Crippen molar-refractivity contribution in [3.63, 3.8) is 0 Å². The van der Waals surface area contributed by atoms with Gasteiger partial charge in [-0.2, -0.15) is 0 Å². The van der Waals surface area contributed by atoms with Crippen LogP contribution in [-0.2, 0) is 11.4 Å². The Labute approximate surface area is 189 Å². The van der Waals surface area contributed by atoms with E-state index in [9.17, 15) is 9.59 Å². The standard InChI is InChI=1S/C24H20ClN3O4/c1-16(32-21-5-3-2-4-6-21)24(30)27-18-8-10-20(11-9-18)31-15-19-13-23(29)28-14-17(25)7-12-22(28)26-19/h2-14,16H,15H2,1H3,(H,27,30)/t16-/m0/s1. The lowest BCUT2D eigenvalue weighted by Gasteiger charge is -2.15. The first-order valence-corrected chi connectivity index (χ1v) is 10.3. The number of amides is 1. The summed E-state index contributed by atoms with van der Waals surface area (Å²) in [5.74, 6) is 0.946. The van der Waals surface area contributed by atoms with E-state index >= 15 is 0 Å². The monoisotopic (exact) mass is 449 g/mol. The van der Waals surface area contributed by atoms with Gasteiger partial charge in [-0.05, 0) is 55.5 Å². The molecule has 8 heteroatoms. The van der Waals surface area contributed by atoms with Crippen LogP contribution in [0, 0.1) is 0 Å². The molecule has 4 rings (SSSR count). The largest absolute Gasteiger partial charge is 0.487 e. The number of para-hydroxylation sites is 1. The Morgan fingerprint density at radius 3 is 2.56 bits per heavy atom. The van der Waals surface area contributed by atoms with Crippen LogP contribution in [0.1, 0.15) is 12.6 Å². The molecule has 2 aromatic carbocycles. The molecular weight excluding hydrogens is 430 g/mol. The van der Waals surface area contributed by atoms with Crippen molar-refractivity contribution in [2.45, 2.75) is 19.6 Å². The topological polar surface area (TPSA) is 81.9 Å². The number of anilines is 1. The molecule has 0 saturated carbocycles. The van der Waals surface area contributed by atoms with E-state index in [0.717, 1.165) is 0 Å². The van der Waals surface area contributed by atoms with Crippen LogP contribution in [0.2, 0.25) is 5.02 Å². The molecule has 1 amide bonds. The fourth-order valence-corrected chi connectivity index (χ4v) is 3.15. The summed E-state index contributed by atoms with van der Waals surface area (Å²) < 4.78 is 12.7. The molecular formula is C24H20ClN3O4. The minimum Gasteiger partial charge on any atom is -0.487 e. The predicted octanol–water partition coefficient (Wildman–Crippen LogP) is 4.33. The second kappa shape index (κ2) is 9.53. The molecule has 2 heterocycles. The summed E-state index contributed by atoms with van der Waals surface area (Å²) in [6.07, 6.45) is 0.872. The van der Waals surface area contributed by atoms with E-state index in [1.165, 1.54) is 16.7 Å². The maximum atomic E-state index is 12.4. The number of halogens is 1. The highest BCUT2D eigenvalue weighted by molar-refractivity contribution is 6.30. The van der Waals surface area contributed by atoms with Gasteiger partial charge < -0.3 is 14.8 Å². The van der Waals surface area contributed by atoms with Crippen LogP contribution < -0.4 is 20.3 Å². The zero-order valence-corrected chi connectivity index (χ0v) is 18.0. The van der Waals surface area contributed by atoms with Crippen LogP contribution in [0.5, 0.6) is 11.5 Å². The van der Waals surface area contributed by atoms with E-state index in [-0.39, 0.29) is 18.1 Å². The normalized spacial score (nSPS) is 11.7. The number of carbonyl (C=O) groups excluding carboxylic acids is 1. The smallest absolute Gasteiger partial charge is 0.265 e. The molecule has 0 fully saturated rings. The van der Waals surface area contributed by atoms with E-state index in [1.54, 1.807) is 55.5 Å². The molecule has 32 heavy (non-hydrogen) atoms. The van der Waals surface area contributed by atoms with Gasteiger partial charge >= 0.3 is 0 Å². The molecule has 0 aliphatic carbocycles. The summed E-state index contributed by atoms with van der Waals surface area (Å²) in [7, 11) is 0. The summed E-state index contributed by atoms with van der Waals surface area (Å²) in [6, 6.07) is 20.8. The molecule has 7 nitrogen and oxygen atoms in total. The zero-order valence-electron chi connectivity index (χ0n) is 17.2. The number of aromatic nitrogens is 2. The maximum absolute atomic E-state index is 12.4. The van der Waals surface area contributed by atoms with Crippen LogP contribution in [0.15, 0.2) is 83.8 Å². The number of nitrogens with zero attached hydrogens (tertiary/aromatic N) is 2. The number of fused-ring (bicyclic) bond motifs is 1. The Morgan fingerprint density at radius 2 is 1.81 bits per heavy atom. The van der Waals surface area contributed by atoms with Gasteiger partial charge in [0, 0.05) is 18.0 Å². The molecule has 1 atom stereocenters. The van der Waals surface area contributed by atoms with E-state index in [1.807, 2.05) is 18.2 Å². The Bertz CT molecular complexity index is 1290. The SMILES string of the molecule is C[C@H](Oc1ccccc1)C(=O)Nc1ccc(OCc2cc(=O)n3cc(Cl)ccc3n2)cc1. The minimum atomic E-state index is -0.652. The van der Waals surface area contributed by atoms with Crippen molar-refractivity contribution in [1.82, 2.24) is 9.38 Å². The number of hydrogen-bond donors (Lipinski definition) is 1. The molecule has 1 N–H and O–H groups in total. The third-order valence-electron chi connectivity index (χ3n) is 4.61. The van der Waals surface area contributed by atoms with Gasteiger partial charge in [0.1, 0.15) is 23.8 Å². The van der Waals surface area contributed by atoms with E-state index in [2.05, 4.69) is 10.3 Å². The highest BCUT2D eigenvalue weighted by Gasteiger charge is 2.14. The van der Waals surface area contributed by atoms with Gasteiger partial charge in [0.15, 0.2) is 6.10 Å². The number of hydrogen-bond acceptors (Lipinski definition) is 5. The quantitative estimate of drug-likeness (QED) is 0.454. The maximum Gasteiger partial charge on any atom is 0.265 e. The summed E-state index contributed by atoms with van der Waals surface area (Å²) >= 11 is 5.92. The van der Waals surface area contributed by atoms with Gasteiger partial charge in [0.25, 0.3) is 11.5 Å². The fourth-order valence-electron chi connectivity index (χ4n) is 2.99. The molecule has 0 aliphatic heterocycles. The van der Waals surface area contributed by atoms with Crippen molar-refractivity contribution in [2.24, 2.45) is 0 Å². The van der Waals surface area contributed by atoms with Gasteiger partial charge in [0.2, 0.25) is 0 Å². The lowest BCUT2D eigenvalue weighted by molar-refractivity contribution is -0.122. The molecule has 0 saturated heterocycles. The molecule has 0 aliphatic rings. The molecule has 4 aromatic rings. The Morgan fingerprint density at radius 1 is 1.06 bits per heavy atom. The van der Waals surface area contributed by atoms with E-state index in [0.29, 0.717) is 33.6 Å². The fraction of sp³-hybridized carbons (Fsp3) is 0.125. The van der Waals surface area contributed by atoms with Crippen LogP contribution in [0.4, 0.5) is 5.69 Å². The third-order valence-corrected chi connectivity index (χ3v) is 4.83. The van der Waals surface area contributed by atoms with Crippen LogP contribution in [0.25, 0.3) is 5.65 Å². The summed E-state index contributed by atoms with van der Waals surface area (Å²) in [6.45, 7) is 1.81. The summed E-state index contributed by atoms with van der Waals surface area (Å²) in [5, 5.41) is 3.27. The number of ether oxygens (including phenoxy) is 2. The molecule has 2 aromatic heterocycles. The first-order valence-electron chi connectivity index (χ1n) is 9.91. The molecule has 0 unspecified atom stereocenters. The van der Waals surface area contributed by atoms with Crippen LogP contribution in [0.3, 0.4) is 0 Å². The number of pyridine rings is 1. The minimum absolute atomic E-state index is 0.127. The Balaban J connectivity index is 1.35. The molecule has 0 bridgehead atoms. The van der Waals surface area contributed by atoms with Crippen molar-refractivity contribution in [3.05, 3.63) is 100 Å². The van der Waals surface area contributed by atoms with E-state index in [4.69, 9.17) is 21.1 Å². The van der Waals surface area contributed by atoms with Gasteiger partial charge in [-0.3, -0.25) is 14.0 Å². The zero-order chi connectivity index (χ0) is 22.5. The average molecular weight is 450 g/mol. The summed E-state index contributed by atoms with van der Waals surface area (Å²) in [5.41, 5.74) is 1.37. The number of nitrogens with one attached hydrogen (secondary N) is 1. The highest BCUT2D eigenvalue weighted by atomic mass is 35.5. The van der Waals surface area contributed by atoms with Crippen molar-refractivity contribution >= 4 is 28.8 Å². The van der Waals surface area contributed by atoms with Crippen molar-refractivity contribution in [2.75, 3.05) is 5.32 Å². The highest BCUT2D eigenvalue weighted by Crippen LogP contribution is 2.18. The van der Waals surface area contributed by atoms with Crippen molar-refractivity contribution in [3.8, 4) is 11.5 Å². The predicted molar refractivity (Wildman–Crippen MR) is 122 cm³/mol. The van der Waals surface area contributed by atoms with Crippen molar-refractivity contribution < 1.29 is 14.3 Å². The average Bonchev–Trinajstić information content (AvgIpc) is 2.80. The lowest BCUT2D eigenvalue weighted by Crippen LogP contribution is -2.30. The first-order chi connectivity index (χ1) is 15.5. The summed E-state index contributed by atoms with van der Waals surface area (Å²) in [4.78, 5) is 29.0. The molecule has 0 radical (unpaired) electrons. The van der Waals surface area contributed by atoms with Crippen molar-refractivity contribution in [1.29, 1.82) is 0 Å². The molecule has 0 spiro atoms. The Hall–Kier alpha value is -3.84. The second-order valence-corrected chi connectivity index (χ2v) is 7.47. The van der Waals surface area contributed by atoms with Crippen LogP contribution >= 0.6 is 11.6 Å². The van der Waals surface area contributed by atoms with E-state index < -0.39 is 6.10 Å². The number of benzene rings is 2. The number of rotatable bonds is 7. The lowest BCUT2D eigenvalue weighted by atomic mass is 10.2. The van der Waals surface area contributed by atoms with Crippen LogP contribution in [-0.4, -0.2) is 21.4 Å². The second-order valence-electron chi connectivity index (χ2n) is 7.04. The van der Waals surface area contributed by atoms with Gasteiger partial charge in [-0.25, -0.2) is 4.98 Å². The van der Waals surface area contributed by atoms with Gasteiger partial charge in [-0.1, -0.05) is 29.8 Å². The molecule has 162 valence electrons. The third kappa shape index (κ3) is 5.25. The van der Waals surface area contributed by atoms with Gasteiger partial charge in [-0.15, -0.1) is 0 Å². The van der Waals surface area contributed by atoms with Gasteiger partial charge in [0.05, 0.1) is 10.7 Å². The number of carbonyl (C=O) groups is 1.